The molecule has 1 N–H and O–H groups in total. The zero-order valence-corrected chi connectivity index (χ0v) is 22.2. The number of hydrogen-bond acceptors (Lipinski definition) is 5. The van der Waals surface area contributed by atoms with E-state index in [0.717, 1.165) is 54.2 Å². The van der Waals surface area contributed by atoms with Crippen LogP contribution in [0.3, 0.4) is 0 Å². The lowest BCUT2D eigenvalue weighted by Crippen LogP contribution is -2.44. The molecule has 7 nitrogen and oxygen atoms in total. The lowest BCUT2D eigenvalue weighted by atomic mass is 10.1. The summed E-state index contributed by atoms with van der Waals surface area (Å²) in [7, 11) is -1.35. The maximum absolute atomic E-state index is 12.8. The van der Waals surface area contributed by atoms with Crippen molar-refractivity contribution in [3.63, 3.8) is 0 Å². The normalized spacial score (nSPS) is 14.5. The Morgan fingerprint density at radius 1 is 0.889 bits per heavy atom. The van der Waals surface area contributed by atoms with Gasteiger partial charge in [-0.1, -0.05) is 18.2 Å². The summed E-state index contributed by atoms with van der Waals surface area (Å²) in [6.07, 6.45) is 1.21. The van der Waals surface area contributed by atoms with Crippen LogP contribution in [-0.4, -0.2) is 58.7 Å². The molecule has 0 aromatic heterocycles. The minimum Gasteiger partial charge on any atom is -0.369 e. The molecule has 0 spiro atoms. The second-order valence-electron chi connectivity index (χ2n) is 9.53. The number of rotatable bonds is 7. The van der Waals surface area contributed by atoms with Crippen molar-refractivity contribution < 1.29 is 13.2 Å². The molecule has 0 aliphatic carbocycles. The van der Waals surface area contributed by atoms with Gasteiger partial charge < -0.3 is 15.1 Å². The fourth-order valence-electron chi connectivity index (χ4n) is 4.23. The van der Waals surface area contributed by atoms with Gasteiger partial charge in [-0.3, -0.25) is 9.10 Å². The molecule has 1 fully saturated rings. The molecule has 1 saturated heterocycles. The van der Waals surface area contributed by atoms with Gasteiger partial charge in [0.1, 0.15) is 0 Å². The summed E-state index contributed by atoms with van der Waals surface area (Å²) < 4.78 is 26.4. The van der Waals surface area contributed by atoms with Crippen LogP contribution < -0.4 is 14.5 Å². The van der Waals surface area contributed by atoms with E-state index in [2.05, 4.69) is 22.2 Å². The molecule has 190 valence electrons. The van der Waals surface area contributed by atoms with Crippen LogP contribution in [0.1, 0.15) is 27.0 Å². The maximum atomic E-state index is 12.8. The van der Waals surface area contributed by atoms with E-state index in [9.17, 15) is 13.2 Å². The third kappa shape index (κ3) is 6.25. The number of sulfonamides is 1. The molecule has 3 aromatic carbocycles. The number of carbonyl (C=O) groups excluding carboxylic acids is 1. The van der Waals surface area contributed by atoms with Crippen molar-refractivity contribution in [2.45, 2.75) is 20.4 Å². The molecular formula is C28H34N4O3S. The summed E-state index contributed by atoms with van der Waals surface area (Å²) in [6, 6.07) is 20.6. The molecule has 3 aromatic rings. The van der Waals surface area contributed by atoms with E-state index in [1.54, 1.807) is 24.3 Å². The Labute approximate surface area is 214 Å². The summed E-state index contributed by atoms with van der Waals surface area (Å²) in [5, 5.41) is 2.95. The second-order valence-corrected chi connectivity index (χ2v) is 11.4. The Kier molecular flexibility index (Phi) is 7.66. The minimum absolute atomic E-state index is 0.191. The summed E-state index contributed by atoms with van der Waals surface area (Å²) in [5.74, 6) is -0.206. The topological polar surface area (TPSA) is 73.0 Å². The van der Waals surface area contributed by atoms with Gasteiger partial charge in [0.25, 0.3) is 5.91 Å². The highest BCUT2D eigenvalue weighted by Gasteiger charge is 2.19. The van der Waals surface area contributed by atoms with E-state index in [1.165, 1.54) is 10.6 Å². The first-order chi connectivity index (χ1) is 17.1. The molecule has 8 heteroatoms. The first-order valence-corrected chi connectivity index (χ1v) is 13.9. The number of nitrogens with zero attached hydrogens (tertiary/aromatic N) is 3. The van der Waals surface area contributed by atoms with Crippen molar-refractivity contribution >= 4 is 33.0 Å². The predicted octanol–water partition coefficient (Wildman–Crippen LogP) is 4.27. The van der Waals surface area contributed by atoms with Gasteiger partial charge in [-0.05, 0) is 86.1 Å². The van der Waals surface area contributed by atoms with Crippen LogP contribution in [0.2, 0.25) is 0 Å². The van der Waals surface area contributed by atoms with Gasteiger partial charge in [-0.2, -0.15) is 0 Å². The standard InChI is InChI=1S/C28H34N4O3S/c1-21-5-12-27(19-22(21)2)32(36(4,34)35)20-23-6-8-24(9-7-23)28(33)29-25-10-13-26(14-11-25)31-17-15-30(3)16-18-31/h5-14,19H,15-18,20H2,1-4H3,(H,29,33). The van der Waals surface area contributed by atoms with E-state index in [0.29, 0.717) is 11.3 Å². The fraction of sp³-hybridized carbons (Fsp3) is 0.321. The molecule has 0 unspecified atom stereocenters. The Morgan fingerprint density at radius 2 is 1.53 bits per heavy atom. The number of piperazine rings is 1. The lowest BCUT2D eigenvalue weighted by Gasteiger charge is -2.34. The number of aryl methyl sites for hydroxylation is 2. The molecule has 0 atom stereocenters. The van der Waals surface area contributed by atoms with Gasteiger partial charge >= 0.3 is 0 Å². The van der Waals surface area contributed by atoms with Gasteiger partial charge in [0.15, 0.2) is 0 Å². The highest BCUT2D eigenvalue weighted by atomic mass is 32.2. The molecular weight excluding hydrogens is 472 g/mol. The largest absolute Gasteiger partial charge is 0.369 e. The first-order valence-electron chi connectivity index (χ1n) is 12.1. The maximum Gasteiger partial charge on any atom is 0.255 e. The number of benzene rings is 3. The van der Waals surface area contributed by atoms with Crippen LogP contribution in [0.4, 0.5) is 17.1 Å². The molecule has 1 aliphatic rings. The number of nitrogens with one attached hydrogen (secondary N) is 1. The smallest absolute Gasteiger partial charge is 0.255 e. The van der Waals surface area contributed by atoms with E-state index in [4.69, 9.17) is 0 Å². The monoisotopic (exact) mass is 506 g/mol. The Bertz CT molecular complexity index is 1310. The van der Waals surface area contributed by atoms with E-state index >= 15 is 0 Å². The number of anilines is 3. The number of amides is 1. The van der Waals surface area contributed by atoms with Crippen LogP contribution in [0.5, 0.6) is 0 Å². The van der Waals surface area contributed by atoms with Crippen LogP contribution >= 0.6 is 0 Å². The van der Waals surface area contributed by atoms with Crippen molar-refractivity contribution in [1.82, 2.24) is 4.90 Å². The fourth-order valence-corrected chi connectivity index (χ4v) is 5.11. The Morgan fingerprint density at radius 3 is 2.11 bits per heavy atom. The summed E-state index contributed by atoms with van der Waals surface area (Å²) >= 11 is 0. The highest BCUT2D eigenvalue weighted by Crippen LogP contribution is 2.24. The minimum atomic E-state index is -3.48. The Hall–Kier alpha value is -3.36. The third-order valence-electron chi connectivity index (χ3n) is 6.71. The van der Waals surface area contributed by atoms with Crippen molar-refractivity contribution in [1.29, 1.82) is 0 Å². The number of carbonyl (C=O) groups is 1. The molecule has 0 saturated carbocycles. The van der Waals surface area contributed by atoms with Gasteiger partial charge in [0.2, 0.25) is 10.0 Å². The molecule has 36 heavy (non-hydrogen) atoms. The quantitative estimate of drug-likeness (QED) is 0.518. The van der Waals surface area contributed by atoms with E-state index in [-0.39, 0.29) is 12.5 Å². The summed E-state index contributed by atoms with van der Waals surface area (Å²) in [4.78, 5) is 17.5. The van der Waals surface area contributed by atoms with Crippen LogP contribution in [0, 0.1) is 13.8 Å². The molecule has 1 heterocycles. The summed E-state index contributed by atoms with van der Waals surface area (Å²) in [5.41, 5.74) is 5.97. The first kappa shape index (κ1) is 25.7. The van der Waals surface area contributed by atoms with E-state index in [1.807, 2.05) is 56.3 Å². The van der Waals surface area contributed by atoms with Crippen molar-refractivity contribution in [2.24, 2.45) is 0 Å². The molecule has 1 amide bonds. The SMILES string of the molecule is Cc1ccc(N(Cc2ccc(C(=O)Nc3ccc(N4CCN(C)CC4)cc3)cc2)S(C)(=O)=O)cc1C. The van der Waals surface area contributed by atoms with Gasteiger partial charge in [-0.25, -0.2) is 8.42 Å². The highest BCUT2D eigenvalue weighted by molar-refractivity contribution is 7.92. The number of hydrogen-bond donors (Lipinski definition) is 1. The lowest BCUT2D eigenvalue weighted by molar-refractivity contribution is 0.102. The zero-order valence-electron chi connectivity index (χ0n) is 21.4. The molecule has 0 bridgehead atoms. The molecule has 1 aliphatic heterocycles. The zero-order chi connectivity index (χ0) is 25.9. The van der Waals surface area contributed by atoms with Crippen LogP contribution in [0.25, 0.3) is 0 Å². The van der Waals surface area contributed by atoms with Crippen LogP contribution in [-0.2, 0) is 16.6 Å². The molecule has 4 rings (SSSR count). The second kappa shape index (κ2) is 10.7. The third-order valence-corrected chi connectivity index (χ3v) is 7.86. The molecule has 0 radical (unpaired) electrons. The van der Waals surface area contributed by atoms with E-state index < -0.39 is 10.0 Å². The van der Waals surface area contributed by atoms with Crippen molar-refractivity contribution in [3.05, 3.63) is 89.0 Å². The summed E-state index contributed by atoms with van der Waals surface area (Å²) in [6.45, 7) is 8.23. The van der Waals surface area contributed by atoms with Crippen molar-refractivity contribution in [2.75, 3.05) is 54.0 Å². The Balaban J connectivity index is 1.41. The van der Waals surface area contributed by atoms with Crippen LogP contribution in [0.15, 0.2) is 66.7 Å². The average molecular weight is 507 g/mol. The van der Waals surface area contributed by atoms with Gasteiger partial charge in [0.05, 0.1) is 18.5 Å². The van der Waals surface area contributed by atoms with Gasteiger partial charge in [0, 0.05) is 43.1 Å². The van der Waals surface area contributed by atoms with Crippen molar-refractivity contribution in [3.8, 4) is 0 Å². The number of likely N-dealkylation sites (N-methyl/N-ethyl adjacent to an activating group) is 1. The van der Waals surface area contributed by atoms with Gasteiger partial charge in [-0.15, -0.1) is 0 Å². The predicted molar refractivity (Wildman–Crippen MR) is 147 cm³/mol. The average Bonchev–Trinajstić information content (AvgIpc) is 2.85.